The third kappa shape index (κ3) is 6.10. The molecule has 19 heavy (non-hydrogen) atoms. The molecule has 2 atom stereocenters. The number of hydrogen-bond donors (Lipinski definition) is 3. The van der Waals surface area contributed by atoms with Crippen LogP contribution >= 0.6 is 0 Å². The van der Waals surface area contributed by atoms with Crippen LogP contribution in [0.3, 0.4) is 0 Å². The Morgan fingerprint density at radius 3 is 2.74 bits per heavy atom. The summed E-state index contributed by atoms with van der Waals surface area (Å²) in [5.41, 5.74) is 6.28. The van der Waals surface area contributed by atoms with Crippen LogP contribution in [-0.2, 0) is 4.79 Å². The summed E-state index contributed by atoms with van der Waals surface area (Å²) in [5, 5.41) is 12.0. The molecule has 5 heteroatoms. The van der Waals surface area contributed by atoms with Crippen molar-refractivity contribution in [1.82, 2.24) is 5.32 Å². The van der Waals surface area contributed by atoms with Gasteiger partial charge in [-0.1, -0.05) is 12.1 Å². The number of carbonyl (C=O) groups is 1. The average Bonchev–Trinajstić information content (AvgIpc) is 2.30. The first-order valence-corrected chi connectivity index (χ1v) is 6.43. The Morgan fingerprint density at radius 2 is 2.11 bits per heavy atom. The first kappa shape index (κ1) is 15.3. The first-order valence-electron chi connectivity index (χ1n) is 6.43. The van der Waals surface area contributed by atoms with Gasteiger partial charge in [-0.15, -0.1) is 0 Å². The van der Waals surface area contributed by atoms with Crippen molar-refractivity contribution in [2.45, 2.75) is 38.8 Å². The molecule has 0 aliphatic carbocycles. The quantitative estimate of drug-likeness (QED) is 0.650. The highest BCUT2D eigenvalue weighted by atomic mass is 16.5. The van der Waals surface area contributed by atoms with Crippen molar-refractivity contribution in [3.63, 3.8) is 0 Å². The van der Waals surface area contributed by atoms with Crippen molar-refractivity contribution in [3.8, 4) is 5.75 Å². The minimum atomic E-state index is -0.421. The summed E-state index contributed by atoms with van der Waals surface area (Å²) in [7, 11) is 0. The smallest absolute Gasteiger partial charge is 0.223 e. The fraction of sp³-hybridized carbons (Fsp3) is 0.500. The molecule has 0 radical (unpaired) electrons. The van der Waals surface area contributed by atoms with E-state index >= 15 is 0 Å². The first-order chi connectivity index (χ1) is 8.99. The molecule has 1 aromatic rings. The SMILES string of the molecule is CC(O)CC(C)NC(=O)CCOc1ccccc1N. The van der Waals surface area contributed by atoms with Crippen molar-refractivity contribution in [1.29, 1.82) is 0 Å². The molecule has 0 spiro atoms. The van der Waals surface area contributed by atoms with Crippen LogP contribution in [0, 0.1) is 0 Å². The Kier molecular flexibility index (Phi) is 6.15. The lowest BCUT2D eigenvalue weighted by Gasteiger charge is -2.15. The predicted octanol–water partition coefficient (Wildman–Crippen LogP) is 1.31. The maximum atomic E-state index is 11.6. The van der Waals surface area contributed by atoms with Gasteiger partial charge in [-0.25, -0.2) is 0 Å². The van der Waals surface area contributed by atoms with Gasteiger partial charge in [0, 0.05) is 6.04 Å². The number of nitrogens with two attached hydrogens (primary N) is 1. The maximum Gasteiger partial charge on any atom is 0.223 e. The minimum Gasteiger partial charge on any atom is -0.491 e. The van der Waals surface area contributed by atoms with E-state index in [9.17, 15) is 9.90 Å². The minimum absolute atomic E-state index is 0.0469. The number of anilines is 1. The Bertz CT molecular complexity index is 407. The van der Waals surface area contributed by atoms with Crippen LogP contribution in [0.2, 0.25) is 0 Å². The van der Waals surface area contributed by atoms with Gasteiger partial charge < -0.3 is 20.9 Å². The van der Waals surface area contributed by atoms with Crippen LogP contribution in [0.15, 0.2) is 24.3 Å². The van der Waals surface area contributed by atoms with E-state index in [0.717, 1.165) is 0 Å². The zero-order valence-electron chi connectivity index (χ0n) is 11.4. The molecule has 106 valence electrons. The van der Waals surface area contributed by atoms with Gasteiger partial charge in [-0.3, -0.25) is 4.79 Å². The van der Waals surface area contributed by atoms with Gasteiger partial charge in [0.25, 0.3) is 0 Å². The molecule has 0 aromatic heterocycles. The summed E-state index contributed by atoms with van der Waals surface area (Å²) in [6.07, 6.45) is 0.382. The van der Waals surface area contributed by atoms with Crippen LogP contribution in [0.25, 0.3) is 0 Å². The van der Waals surface area contributed by atoms with Crippen molar-refractivity contribution < 1.29 is 14.6 Å². The van der Waals surface area contributed by atoms with Crippen molar-refractivity contribution in [2.24, 2.45) is 0 Å². The van der Waals surface area contributed by atoms with Gasteiger partial charge in [0.2, 0.25) is 5.91 Å². The molecular formula is C14H22N2O3. The Morgan fingerprint density at radius 1 is 1.42 bits per heavy atom. The van der Waals surface area contributed by atoms with E-state index < -0.39 is 6.10 Å². The summed E-state index contributed by atoms with van der Waals surface area (Å²) < 4.78 is 5.43. The van der Waals surface area contributed by atoms with E-state index in [2.05, 4.69) is 5.32 Å². The second kappa shape index (κ2) is 7.63. The van der Waals surface area contributed by atoms with Crippen LogP contribution in [0.5, 0.6) is 5.75 Å². The highest BCUT2D eigenvalue weighted by molar-refractivity contribution is 5.76. The molecule has 0 aliphatic heterocycles. The van der Waals surface area contributed by atoms with Gasteiger partial charge in [0.05, 0.1) is 24.8 Å². The number of ether oxygens (including phenoxy) is 1. The van der Waals surface area contributed by atoms with Crippen LogP contribution in [0.4, 0.5) is 5.69 Å². The zero-order chi connectivity index (χ0) is 14.3. The zero-order valence-corrected chi connectivity index (χ0v) is 11.4. The summed E-state index contributed by atoms with van der Waals surface area (Å²) in [6, 6.07) is 7.13. The highest BCUT2D eigenvalue weighted by Crippen LogP contribution is 2.19. The molecule has 0 fully saturated rings. The van der Waals surface area contributed by atoms with Gasteiger partial charge >= 0.3 is 0 Å². The van der Waals surface area contributed by atoms with Crippen molar-refractivity contribution in [2.75, 3.05) is 12.3 Å². The van der Waals surface area contributed by atoms with Crippen molar-refractivity contribution in [3.05, 3.63) is 24.3 Å². The number of aliphatic hydroxyl groups is 1. The summed E-state index contributed by atoms with van der Waals surface area (Å²) in [4.78, 5) is 11.6. The molecule has 5 nitrogen and oxygen atoms in total. The molecule has 2 unspecified atom stereocenters. The maximum absolute atomic E-state index is 11.6. The van der Waals surface area contributed by atoms with E-state index in [4.69, 9.17) is 10.5 Å². The molecule has 0 bridgehead atoms. The third-order valence-electron chi connectivity index (χ3n) is 2.61. The van der Waals surface area contributed by atoms with E-state index in [1.807, 2.05) is 19.1 Å². The highest BCUT2D eigenvalue weighted by Gasteiger charge is 2.10. The third-order valence-corrected chi connectivity index (χ3v) is 2.61. The molecule has 0 heterocycles. The number of nitrogens with one attached hydrogen (secondary N) is 1. The van der Waals surface area contributed by atoms with Crippen LogP contribution in [-0.4, -0.2) is 29.8 Å². The lowest BCUT2D eigenvalue weighted by molar-refractivity contribution is -0.122. The second-order valence-corrected chi connectivity index (χ2v) is 4.69. The Balaban J connectivity index is 2.26. The van der Waals surface area contributed by atoms with Gasteiger partial charge in [0.15, 0.2) is 0 Å². The number of aliphatic hydroxyl groups excluding tert-OH is 1. The van der Waals surface area contributed by atoms with Gasteiger partial charge in [0.1, 0.15) is 5.75 Å². The van der Waals surface area contributed by atoms with Gasteiger partial charge in [-0.05, 0) is 32.4 Å². The predicted molar refractivity (Wildman–Crippen MR) is 74.9 cm³/mol. The number of hydrogen-bond acceptors (Lipinski definition) is 4. The topological polar surface area (TPSA) is 84.6 Å². The molecular weight excluding hydrogens is 244 g/mol. The fourth-order valence-corrected chi connectivity index (χ4v) is 1.78. The Hall–Kier alpha value is -1.75. The average molecular weight is 266 g/mol. The summed E-state index contributed by atoms with van der Waals surface area (Å²) >= 11 is 0. The summed E-state index contributed by atoms with van der Waals surface area (Å²) in [5.74, 6) is 0.495. The molecule has 1 amide bonds. The monoisotopic (exact) mass is 266 g/mol. The summed E-state index contributed by atoms with van der Waals surface area (Å²) in [6.45, 7) is 3.84. The van der Waals surface area contributed by atoms with E-state index in [1.54, 1.807) is 19.1 Å². The largest absolute Gasteiger partial charge is 0.491 e. The number of amides is 1. The molecule has 0 saturated carbocycles. The molecule has 1 aromatic carbocycles. The standard InChI is InChI=1S/C14H22N2O3/c1-10(9-11(2)17)16-14(18)7-8-19-13-6-4-3-5-12(13)15/h3-6,10-11,17H,7-9,15H2,1-2H3,(H,16,18). The fourth-order valence-electron chi connectivity index (χ4n) is 1.78. The van der Waals surface area contributed by atoms with E-state index in [0.29, 0.717) is 17.9 Å². The number of nitrogen functional groups attached to an aromatic ring is 1. The lowest BCUT2D eigenvalue weighted by atomic mass is 10.1. The van der Waals surface area contributed by atoms with E-state index in [1.165, 1.54) is 0 Å². The van der Waals surface area contributed by atoms with Crippen LogP contribution < -0.4 is 15.8 Å². The normalized spacial score (nSPS) is 13.6. The van der Waals surface area contributed by atoms with Crippen molar-refractivity contribution >= 4 is 11.6 Å². The lowest BCUT2D eigenvalue weighted by Crippen LogP contribution is -2.35. The number of para-hydroxylation sites is 2. The molecule has 0 aliphatic rings. The number of carbonyl (C=O) groups excluding carboxylic acids is 1. The number of benzene rings is 1. The number of rotatable bonds is 7. The second-order valence-electron chi connectivity index (χ2n) is 4.69. The molecule has 1 rings (SSSR count). The molecule has 0 saturated heterocycles. The Labute approximate surface area is 113 Å². The van der Waals surface area contributed by atoms with Crippen LogP contribution in [0.1, 0.15) is 26.7 Å². The molecule has 4 N–H and O–H groups in total. The van der Waals surface area contributed by atoms with Gasteiger partial charge in [-0.2, -0.15) is 0 Å². The van der Waals surface area contributed by atoms with E-state index in [-0.39, 0.29) is 25.0 Å².